The van der Waals surface area contributed by atoms with Gasteiger partial charge in [0.15, 0.2) is 5.65 Å². The van der Waals surface area contributed by atoms with Crippen LogP contribution in [0.25, 0.3) is 16.7 Å². The molecule has 6 rings (SSSR count). The first-order chi connectivity index (χ1) is 24.7. The number of hydrogen-bond acceptors (Lipinski definition) is 9. The molecule has 1 atom stereocenters. The lowest BCUT2D eigenvalue weighted by molar-refractivity contribution is -0.125. The van der Waals surface area contributed by atoms with Crippen molar-refractivity contribution in [2.45, 2.75) is 31.9 Å². The molecule has 258 valence electrons. The molecule has 0 bridgehead atoms. The zero-order valence-electron chi connectivity index (χ0n) is 28.4. The first kappa shape index (κ1) is 35.4. The summed E-state index contributed by atoms with van der Waals surface area (Å²) in [7, 11) is -2.79. The van der Waals surface area contributed by atoms with Gasteiger partial charge in [0, 0.05) is 6.20 Å². The molecule has 0 aliphatic heterocycles. The molecule has 3 aromatic heterocycles. The van der Waals surface area contributed by atoms with Crippen molar-refractivity contribution >= 4 is 53.1 Å². The van der Waals surface area contributed by atoms with E-state index in [1.807, 2.05) is 60.7 Å². The Hall–Kier alpha value is -5.45. The second-order valence-electron chi connectivity index (χ2n) is 12.7. The number of benzene rings is 3. The lowest BCUT2D eigenvalue weighted by atomic mass is 10.2. The molecule has 6 aromatic rings. The van der Waals surface area contributed by atoms with Gasteiger partial charge in [-0.25, -0.2) is 19.6 Å². The van der Waals surface area contributed by atoms with Gasteiger partial charge in [-0.3, -0.25) is 4.79 Å². The van der Waals surface area contributed by atoms with Gasteiger partial charge < -0.3 is 19.2 Å². The third-order valence-corrected chi connectivity index (χ3v) is 13.7. The van der Waals surface area contributed by atoms with Crippen molar-refractivity contribution < 1.29 is 18.7 Å². The number of nitrogens with zero attached hydrogens (tertiary/aromatic N) is 6. The molecule has 0 fully saturated rings. The number of halogens is 1. The predicted molar refractivity (Wildman–Crippen MR) is 198 cm³/mol. The summed E-state index contributed by atoms with van der Waals surface area (Å²) >= 11 is 6.45. The van der Waals surface area contributed by atoms with E-state index >= 15 is 0 Å². The lowest BCUT2D eigenvalue weighted by Gasteiger charge is -2.43. The van der Waals surface area contributed by atoms with Gasteiger partial charge in [0.05, 0.1) is 42.3 Å². The van der Waals surface area contributed by atoms with Gasteiger partial charge in [0.1, 0.15) is 23.6 Å². The highest BCUT2D eigenvalue weighted by Gasteiger charge is 2.50. The Morgan fingerprint density at radius 1 is 0.902 bits per heavy atom. The third kappa shape index (κ3) is 7.67. The van der Waals surface area contributed by atoms with Crippen LogP contribution in [-0.2, 0) is 14.0 Å². The highest BCUT2D eigenvalue weighted by atomic mass is 35.5. The molecule has 0 aliphatic rings. The maximum absolute atomic E-state index is 13.7. The third-order valence-electron chi connectivity index (χ3n) is 8.33. The molecule has 1 unspecified atom stereocenters. The quantitative estimate of drug-likeness (QED) is 0.118. The molecule has 13 heteroatoms. The molecule has 3 heterocycles. The second kappa shape index (κ2) is 15.6. The Balaban J connectivity index is 1.23. The molecule has 1 amide bonds. The monoisotopic (exact) mass is 717 g/mol. The zero-order chi connectivity index (χ0) is 35.8. The average Bonchev–Trinajstić information content (AvgIpc) is 3.58. The van der Waals surface area contributed by atoms with E-state index in [9.17, 15) is 4.79 Å². The van der Waals surface area contributed by atoms with Gasteiger partial charge in [-0.05, 0) is 39.7 Å². The summed E-state index contributed by atoms with van der Waals surface area (Å²) in [5.41, 5.74) is 1.44. The summed E-state index contributed by atoms with van der Waals surface area (Å²) in [6.45, 7) is 6.97. The van der Waals surface area contributed by atoms with E-state index in [1.54, 1.807) is 29.1 Å². The largest absolute Gasteiger partial charge is 0.461 e. The standard InChI is InChI=1S/C38H36ClN7O4Si/c1-38(2,3)51(28-12-6-4-7-13-28,29-14-8-5-9-15-29)49-21-20-48-25-33(36(47)45-34-19-18-27(22-40)23-41-34)50-37-30-24-44-46(35(30)42-26-43-37)32-17-11-10-16-31(32)39/h4-19,23-24,26,33H,20-21,25H2,1-3H3,(H,41,45,47). The van der Waals surface area contributed by atoms with E-state index in [-0.39, 0.29) is 36.6 Å². The first-order valence-corrected chi connectivity index (χ1v) is 18.6. The van der Waals surface area contributed by atoms with Crippen LogP contribution in [0.3, 0.4) is 0 Å². The summed E-state index contributed by atoms with van der Waals surface area (Å²) in [6, 6.07) is 33.1. The summed E-state index contributed by atoms with van der Waals surface area (Å²) in [5, 5.41) is 19.5. The maximum Gasteiger partial charge on any atom is 0.269 e. The minimum absolute atomic E-state index is 0.129. The first-order valence-electron chi connectivity index (χ1n) is 16.3. The predicted octanol–water partition coefficient (Wildman–Crippen LogP) is 5.71. The summed E-state index contributed by atoms with van der Waals surface area (Å²) in [5.74, 6) is -0.134. The van der Waals surface area contributed by atoms with Crippen LogP contribution in [0.4, 0.5) is 5.82 Å². The zero-order valence-corrected chi connectivity index (χ0v) is 30.1. The van der Waals surface area contributed by atoms with E-state index in [0.29, 0.717) is 27.3 Å². The molecular formula is C38H36ClN7O4Si. The Bertz CT molecular complexity index is 2100. The van der Waals surface area contributed by atoms with Crippen molar-refractivity contribution in [3.05, 3.63) is 126 Å². The van der Waals surface area contributed by atoms with Crippen molar-refractivity contribution in [2.24, 2.45) is 0 Å². The van der Waals surface area contributed by atoms with Crippen molar-refractivity contribution in [3.63, 3.8) is 0 Å². The van der Waals surface area contributed by atoms with Gasteiger partial charge in [0.2, 0.25) is 12.0 Å². The van der Waals surface area contributed by atoms with Crippen LogP contribution in [0.2, 0.25) is 10.1 Å². The second-order valence-corrected chi connectivity index (χ2v) is 17.4. The smallest absolute Gasteiger partial charge is 0.269 e. The average molecular weight is 718 g/mol. The molecular weight excluding hydrogens is 682 g/mol. The highest BCUT2D eigenvalue weighted by molar-refractivity contribution is 6.99. The minimum Gasteiger partial charge on any atom is -0.461 e. The van der Waals surface area contributed by atoms with Crippen LogP contribution in [0.15, 0.2) is 116 Å². The lowest BCUT2D eigenvalue weighted by Crippen LogP contribution is -2.66. The fourth-order valence-corrected chi connectivity index (χ4v) is 10.7. The van der Waals surface area contributed by atoms with Crippen LogP contribution in [-0.4, -0.2) is 64.9 Å². The Kier molecular flexibility index (Phi) is 10.8. The molecule has 0 saturated heterocycles. The van der Waals surface area contributed by atoms with Crippen LogP contribution < -0.4 is 20.4 Å². The van der Waals surface area contributed by atoms with Gasteiger partial charge in [0.25, 0.3) is 14.2 Å². The van der Waals surface area contributed by atoms with E-state index < -0.39 is 20.3 Å². The number of para-hydroxylation sites is 1. The number of amides is 1. The molecule has 51 heavy (non-hydrogen) atoms. The maximum atomic E-state index is 13.7. The number of hydrogen-bond donors (Lipinski definition) is 1. The number of ether oxygens (including phenoxy) is 2. The normalized spacial score (nSPS) is 12.3. The van der Waals surface area contributed by atoms with Crippen molar-refractivity contribution in [1.82, 2.24) is 24.7 Å². The van der Waals surface area contributed by atoms with Gasteiger partial charge in [-0.1, -0.05) is 105 Å². The Morgan fingerprint density at radius 2 is 1.59 bits per heavy atom. The number of nitriles is 1. The number of pyridine rings is 1. The molecule has 0 saturated carbocycles. The topological polar surface area (TPSA) is 137 Å². The number of nitrogens with one attached hydrogen (secondary N) is 1. The summed E-state index contributed by atoms with van der Waals surface area (Å²) in [4.78, 5) is 26.6. The number of carbonyl (C=O) groups excluding carboxylic acids is 1. The molecule has 3 aromatic carbocycles. The highest BCUT2D eigenvalue weighted by Crippen LogP contribution is 2.36. The van der Waals surface area contributed by atoms with Crippen LogP contribution >= 0.6 is 11.6 Å². The number of fused-ring (bicyclic) bond motifs is 1. The van der Waals surface area contributed by atoms with E-state index in [0.717, 1.165) is 10.4 Å². The number of aromatic nitrogens is 5. The van der Waals surface area contributed by atoms with Gasteiger partial charge in [-0.2, -0.15) is 10.4 Å². The summed E-state index contributed by atoms with van der Waals surface area (Å²) in [6.07, 6.45) is 3.12. The van der Waals surface area contributed by atoms with E-state index in [2.05, 4.69) is 70.4 Å². The van der Waals surface area contributed by atoms with E-state index in [1.165, 1.54) is 12.5 Å². The van der Waals surface area contributed by atoms with Crippen molar-refractivity contribution in [2.75, 3.05) is 25.1 Å². The van der Waals surface area contributed by atoms with Gasteiger partial charge >= 0.3 is 0 Å². The molecule has 0 spiro atoms. The van der Waals surface area contributed by atoms with Crippen LogP contribution in [0, 0.1) is 11.3 Å². The van der Waals surface area contributed by atoms with Crippen LogP contribution in [0.5, 0.6) is 5.88 Å². The van der Waals surface area contributed by atoms with Crippen LogP contribution in [0.1, 0.15) is 26.3 Å². The van der Waals surface area contributed by atoms with Gasteiger partial charge in [-0.15, -0.1) is 0 Å². The molecule has 11 nitrogen and oxygen atoms in total. The van der Waals surface area contributed by atoms with E-state index in [4.69, 9.17) is 30.8 Å². The fraction of sp³-hybridized carbons (Fsp3) is 0.211. The molecule has 1 N–H and O–H groups in total. The summed E-state index contributed by atoms with van der Waals surface area (Å²) < 4.78 is 20.9. The molecule has 0 aliphatic carbocycles. The number of rotatable bonds is 13. The van der Waals surface area contributed by atoms with Crippen molar-refractivity contribution in [1.29, 1.82) is 5.26 Å². The van der Waals surface area contributed by atoms with Crippen molar-refractivity contribution in [3.8, 4) is 17.6 Å². The fourth-order valence-electron chi connectivity index (χ4n) is 5.96. The number of carbonyl (C=O) groups is 1. The Morgan fingerprint density at radius 3 is 2.22 bits per heavy atom. The molecule has 0 radical (unpaired) electrons. The Labute approximate surface area is 302 Å². The minimum atomic E-state index is -2.79. The number of anilines is 1. The SMILES string of the molecule is CC(C)(C)[Si](OCCOCC(Oc1ncnc2c1cnn2-c1ccccc1Cl)C(=O)Nc1ccc(C#N)cn1)(c1ccccc1)c1ccccc1.